The van der Waals surface area contributed by atoms with Crippen LogP contribution in [0.1, 0.15) is 76.2 Å². The summed E-state index contributed by atoms with van der Waals surface area (Å²) in [5.74, 6) is -1.27. The molecule has 2 N–H and O–H groups in total. The minimum absolute atomic E-state index is 0.0126. The van der Waals surface area contributed by atoms with E-state index in [1.807, 2.05) is 0 Å². The van der Waals surface area contributed by atoms with E-state index in [4.69, 9.17) is 11.6 Å². The molecule has 0 aliphatic rings. The lowest BCUT2D eigenvalue weighted by Crippen LogP contribution is -2.29. The highest BCUT2D eigenvalue weighted by Gasteiger charge is 2.33. The van der Waals surface area contributed by atoms with Crippen LogP contribution in [0.15, 0.2) is 18.2 Å². The number of methoxy groups -OCH3 is 1. The third-order valence-corrected chi connectivity index (χ3v) is 7.43. The maximum Gasteiger partial charge on any atom is 0.417 e. The summed E-state index contributed by atoms with van der Waals surface area (Å²) in [6.07, 6.45) is 5.96. The number of esters is 1. The number of rotatable bonds is 17. The van der Waals surface area contributed by atoms with Gasteiger partial charge in [0.05, 0.1) is 23.4 Å². The summed E-state index contributed by atoms with van der Waals surface area (Å²) in [6, 6.07) is 2.66. The average Bonchev–Trinajstić information content (AvgIpc) is 2.79. The number of sulfone groups is 1. The van der Waals surface area contributed by atoms with E-state index < -0.39 is 44.4 Å². The number of carbonyl (C=O) groups is 2. The normalized spacial score (nSPS) is 11.8. The number of benzene rings is 1. The molecule has 0 aromatic heterocycles. The van der Waals surface area contributed by atoms with E-state index in [1.54, 1.807) is 0 Å². The molecule has 1 aromatic carbocycles. The van der Waals surface area contributed by atoms with Crippen molar-refractivity contribution in [2.24, 2.45) is 0 Å². The van der Waals surface area contributed by atoms with Crippen molar-refractivity contribution in [3.8, 4) is 0 Å². The van der Waals surface area contributed by atoms with E-state index in [9.17, 15) is 31.2 Å². The quantitative estimate of drug-likeness (QED) is 0.172. The lowest BCUT2D eigenvalue weighted by molar-refractivity contribution is -0.138. The number of nitrogens with one attached hydrogen (secondary N) is 2. The van der Waals surface area contributed by atoms with Crippen LogP contribution in [-0.2, 0) is 25.5 Å². The fourth-order valence-electron chi connectivity index (χ4n) is 3.55. The Balaban J connectivity index is 1.99. The van der Waals surface area contributed by atoms with Gasteiger partial charge in [-0.25, -0.2) is 13.2 Å². The summed E-state index contributed by atoms with van der Waals surface area (Å²) in [7, 11) is -2.21. The first kappa shape index (κ1) is 32.0. The second-order valence-corrected chi connectivity index (χ2v) is 11.2. The Kier molecular flexibility index (Phi) is 14.8. The van der Waals surface area contributed by atoms with Gasteiger partial charge >= 0.3 is 18.2 Å². The summed E-state index contributed by atoms with van der Waals surface area (Å²) >= 11 is 5.57. The summed E-state index contributed by atoms with van der Waals surface area (Å²) in [4.78, 5) is 22.9. The van der Waals surface area contributed by atoms with Crippen LogP contribution in [0.4, 0.5) is 23.7 Å². The molecule has 2 amide bonds. The number of unbranched alkanes of at least 4 members (excludes halogenated alkanes) is 10. The molecule has 0 unspecified atom stereocenters. The highest BCUT2D eigenvalue weighted by atomic mass is 35.5. The Morgan fingerprint density at radius 3 is 1.97 bits per heavy atom. The first-order valence-corrected chi connectivity index (χ1v) is 14.3. The van der Waals surface area contributed by atoms with E-state index in [2.05, 4.69) is 15.4 Å². The molecular weight excluding hydrogens is 521 g/mol. The Bertz CT molecular complexity index is 927. The number of ether oxygens (including phenoxy) is 1. The molecule has 0 aliphatic heterocycles. The molecule has 0 saturated carbocycles. The second-order valence-electron chi connectivity index (χ2n) is 8.63. The average molecular weight is 557 g/mol. The summed E-state index contributed by atoms with van der Waals surface area (Å²) in [6.45, 7) is 0.431. The van der Waals surface area contributed by atoms with Crippen molar-refractivity contribution in [2.75, 3.05) is 30.5 Å². The van der Waals surface area contributed by atoms with E-state index in [0.29, 0.717) is 13.0 Å². The molecule has 0 bridgehead atoms. The Labute approximate surface area is 216 Å². The number of hydrogen-bond donors (Lipinski definition) is 2. The predicted octanol–water partition coefficient (Wildman–Crippen LogP) is 6.36. The van der Waals surface area contributed by atoms with Gasteiger partial charge in [0.25, 0.3) is 0 Å². The molecule has 0 fully saturated rings. The number of alkyl halides is 3. The smallest absolute Gasteiger partial charge is 0.417 e. The number of urea groups is 1. The molecule has 12 heteroatoms. The summed E-state index contributed by atoms with van der Waals surface area (Å²) in [5, 5.41) is 4.60. The third kappa shape index (κ3) is 14.5. The highest BCUT2D eigenvalue weighted by molar-refractivity contribution is 7.92. The van der Waals surface area contributed by atoms with E-state index in [1.165, 1.54) is 13.2 Å². The van der Waals surface area contributed by atoms with Gasteiger partial charge in [0, 0.05) is 12.2 Å². The van der Waals surface area contributed by atoms with E-state index >= 15 is 0 Å². The molecule has 36 heavy (non-hydrogen) atoms. The first-order valence-electron chi connectivity index (χ1n) is 12.1. The van der Waals surface area contributed by atoms with Crippen molar-refractivity contribution < 1.29 is 35.9 Å². The third-order valence-electron chi connectivity index (χ3n) is 5.51. The minimum Gasteiger partial charge on any atom is -0.468 e. The van der Waals surface area contributed by atoms with Crippen molar-refractivity contribution >= 4 is 39.1 Å². The van der Waals surface area contributed by atoms with Crippen molar-refractivity contribution in [3.63, 3.8) is 0 Å². The number of carbonyl (C=O) groups excluding carboxylic acids is 2. The van der Waals surface area contributed by atoms with Crippen LogP contribution in [0, 0.1) is 0 Å². The minimum atomic E-state index is -4.59. The van der Waals surface area contributed by atoms with Crippen LogP contribution in [0.25, 0.3) is 0 Å². The molecule has 7 nitrogen and oxygen atoms in total. The monoisotopic (exact) mass is 556 g/mol. The van der Waals surface area contributed by atoms with Gasteiger partial charge < -0.3 is 15.4 Å². The molecular formula is C24H36ClF3N2O5S. The molecule has 0 heterocycles. The predicted molar refractivity (Wildman–Crippen MR) is 135 cm³/mol. The van der Waals surface area contributed by atoms with Crippen LogP contribution in [0.2, 0.25) is 5.02 Å². The molecule has 206 valence electrons. The van der Waals surface area contributed by atoms with Gasteiger partial charge in [-0.1, -0.05) is 69.4 Å². The fourth-order valence-corrected chi connectivity index (χ4v) is 5.04. The Morgan fingerprint density at radius 2 is 1.44 bits per heavy atom. The van der Waals surface area contributed by atoms with Gasteiger partial charge in [0.2, 0.25) is 0 Å². The van der Waals surface area contributed by atoms with E-state index in [0.717, 1.165) is 76.3 Å². The zero-order valence-corrected chi connectivity index (χ0v) is 22.2. The molecule has 0 radical (unpaired) electrons. The molecule has 0 atom stereocenters. The molecule has 0 aliphatic carbocycles. The maximum atomic E-state index is 12.9. The van der Waals surface area contributed by atoms with Crippen LogP contribution in [0.3, 0.4) is 0 Å². The van der Waals surface area contributed by atoms with Crippen LogP contribution < -0.4 is 10.6 Å². The van der Waals surface area contributed by atoms with Crippen LogP contribution in [0.5, 0.6) is 0 Å². The number of halogens is 4. The fraction of sp³-hybridized carbons (Fsp3) is 0.667. The van der Waals surface area contributed by atoms with Gasteiger partial charge in [-0.2, -0.15) is 13.2 Å². The highest BCUT2D eigenvalue weighted by Crippen LogP contribution is 2.36. The number of anilines is 1. The van der Waals surface area contributed by atoms with Gasteiger partial charge in [-0.3, -0.25) is 4.79 Å². The number of amides is 2. The molecule has 1 aromatic rings. The molecule has 1 rings (SSSR count). The van der Waals surface area contributed by atoms with Crippen LogP contribution >= 0.6 is 11.6 Å². The van der Waals surface area contributed by atoms with Crippen molar-refractivity contribution in [3.05, 3.63) is 28.8 Å². The van der Waals surface area contributed by atoms with Gasteiger partial charge in [-0.15, -0.1) is 0 Å². The zero-order valence-electron chi connectivity index (χ0n) is 20.6. The second kappa shape index (κ2) is 16.7. The van der Waals surface area contributed by atoms with Crippen molar-refractivity contribution in [2.45, 2.75) is 76.8 Å². The largest absolute Gasteiger partial charge is 0.468 e. The Hall–Kier alpha value is -2.01. The molecule has 0 spiro atoms. The Morgan fingerprint density at radius 1 is 0.917 bits per heavy atom. The maximum absolute atomic E-state index is 12.9. The van der Waals surface area contributed by atoms with Gasteiger partial charge in [0.1, 0.15) is 5.75 Å². The van der Waals surface area contributed by atoms with E-state index in [-0.39, 0.29) is 11.4 Å². The number of hydrogen-bond acceptors (Lipinski definition) is 5. The van der Waals surface area contributed by atoms with Crippen molar-refractivity contribution in [1.29, 1.82) is 0 Å². The summed E-state index contributed by atoms with van der Waals surface area (Å²) < 4.78 is 66.4. The summed E-state index contributed by atoms with van der Waals surface area (Å²) in [5.41, 5.74) is -0.974. The van der Waals surface area contributed by atoms with Crippen molar-refractivity contribution in [1.82, 2.24) is 5.32 Å². The van der Waals surface area contributed by atoms with Gasteiger partial charge in [0.15, 0.2) is 9.84 Å². The zero-order chi connectivity index (χ0) is 27.0. The lowest BCUT2D eigenvalue weighted by atomic mass is 10.1. The molecule has 0 saturated heterocycles. The topological polar surface area (TPSA) is 102 Å². The van der Waals surface area contributed by atoms with Gasteiger partial charge in [-0.05, 0) is 31.0 Å². The lowest BCUT2D eigenvalue weighted by Gasteiger charge is -2.12. The first-order chi connectivity index (χ1) is 16.9. The standard InChI is InChI=1S/C24H36ClF3N2O5S/c1-35-22(31)18-36(33,34)16-12-10-8-6-4-2-3-5-7-9-11-15-29-23(32)30-19-13-14-21(25)20(17-19)24(26,27)28/h13-14,17H,2-12,15-16,18H2,1H3,(H2,29,30,32). The SMILES string of the molecule is COC(=O)CS(=O)(=O)CCCCCCCCCCCCCNC(=O)Nc1ccc(Cl)c(C(F)(F)F)c1. The van der Waals surface area contributed by atoms with Crippen LogP contribution in [-0.4, -0.2) is 45.6 Å².